The predicted octanol–water partition coefficient (Wildman–Crippen LogP) is 1.41. The van der Waals surface area contributed by atoms with Crippen LogP contribution in [-0.2, 0) is 11.3 Å². The van der Waals surface area contributed by atoms with Crippen molar-refractivity contribution < 1.29 is 24.0 Å². The summed E-state index contributed by atoms with van der Waals surface area (Å²) in [6.07, 6.45) is 0. The summed E-state index contributed by atoms with van der Waals surface area (Å²) in [6, 6.07) is 6.32. The number of anilines is 1. The lowest BCUT2D eigenvalue weighted by molar-refractivity contribution is -0.114. The van der Waals surface area contributed by atoms with Gasteiger partial charge in [0.2, 0.25) is 0 Å². The quantitative estimate of drug-likeness (QED) is 0.856. The fourth-order valence-corrected chi connectivity index (χ4v) is 2.33. The van der Waals surface area contributed by atoms with E-state index in [0.29, 0.717) is 11.3 Å². The number of aromatic carboxylic acids is 1. The lowest BCUT2D eigenvalue weighted by atomic mass is 10.1. The standard InChI is InChI=1S/C14H10N2O5/c1-7-3-2-4-9-11(7)16(13(18)12(9)17)6-8-5-10(14(19)20)15-21-8/h2-5H,6H2,1H3,(H,19,20). The molecule has 1 amide bonds. The van der Waals surface area contributed by atoms with Gasteiger partial charge in [0.15, 0.2) is 11.5 Å². The van der Waals surface area contributed by atoms with Crippen molar-refractivity contribution in [3.63, 3.8) is 0 Å². The van der Waals surface area contributed by atoms with Crippen LogP contribution in [0, 0.1) is 6.92 Å². The first-order valence-corrected chi connectivity index (χ1v) is 6.13. The fraction of sp³-hybridized carbons (Fsp3) is 0.143. The molecule has 106 valence electrons. The van der Waals surface area contributed by atoms with E-state index < -0.39 is 17.7 Å². The number of benzene rings is 1. The van der Waals surface area contributed by atoms with E-state index in [9.17, 15) is 14.4 Å². The minimum atomic E-state index is -1.22. The number of carbonyl (C=O) groups is 3. The molecular weight excluding hydrogens is 276 g/mol. The number of aryl methyl sites for hydroxylation is 1. The largest absolute Gasteiger partial charge is 0.476 e. The molecule has 0 fully saturated rings. The number of hydrogen-bond acceptors (Lipinski definition) is 5. The molecule has 2 aromatic rings. The summed E-state index contributed by atoms with van der Waals surface area (Å²) in [5.41, 5.74) is 1.41. The topological polar surface area (TPSA) is 101 Å². The maximum absolute atomic E-state index is 12.1. The van der Waals surface area contributed by atoms with E-state index in [1.165, 1.54) is 11.0 Å². The van der Waals surface area contributed by atoms with Crippen LogP contribution in [0.25, 0.3) is 0 Å². The summed E-state index contributed by atoms with van der Waals surface area (Å²) in [7, 11) is 0. The summed E-state index contributed by atoms with van der Waals surface area (Å²) in [5, 5.41) is 12.2. The van der Waals surface area contributed by atoms with Crippen molar-refractivity contribution in [2.24, 2.45) is 0 Å². The van der Waals surface area contributed by atoms with Gasteiger partial charge in [-0.15, -0.1) is 0 Å². The van der Waals surface area contributed by atoms with Crippen molar-refractivity contribution in [1.82, 2.24) is 5.16 Å². The number of aromatic nitrogens is 1. The molecule has 0 spiro atoms. The minimum Gasteiger partial charge on any atom is -0.476 e. The average Bonchev–Trinajstić information content (AvgIpc) is 3.00. The zero-order valence-corrected chi connectivity index (χ0v) is 11.0. The number of fused-ring (bicyclic) bond motifs is 1. The van der Waals surface area contributed by atoms with Gasteiger partial charge in [-0.3, -0.25) is 14.5 Å². The zero-order valence-electron chi connectivity index (χ0n) is 11.0. The average molecular weight is 286 g/mol. The van der Waals surface area contributed by atoms with Crippen LogP contribution < -0.4 is 4.90 Å². The zero-order chi connectivity index (χ0) is 15.1. The Balaban J connectivity index is 1.98. The molecule has 0 radical (unpaired) electrons. The van der Waals surface area contributed by atoms with Crippen molar-refractivity contribution in [3.05, 3.63) is 46.8 Å². The lowest BCUT2D eigenvalue weighted by Gasteiger charge is -2.16. The third-order valence-electron chi connectivity index (χ3n) is 3.28. The maximum atomic E-state index is 12.1. The molecule has 1 aromatic carbocycles. The molecular formula is C14H10N2O5. The van der Waals surface area contributed by atoms with E-state index >= 15 is 0 Å². The van der Waals surface area contributed by atoms with E-state index in [4.69, 9.17) is 9.63 Å². The van der Waals surface area contributed by atoms with Crippen molar-refractivity contribution in [2.75, 3.05) is 4.90 Å². The Bertz CT molecular complexity index is 777. The Morgan fingerprint density at radius 1 is 1.38 bits per heavy atom. The molecule has 7 nitrogen and oxygen atoms in total. The highest BCUT2D eigenvalue weighted by atomic mass is 16.5. The van der Waals surface area contributed by atoms with Gasteiger partial charge in [-0.1, -0.05) is 17.3 Å². The number of carbonyl (C=O) groups excluding carboxylic acids is 2. The smallest absolute Gasteiger partial charge is 0.358 e. The number of para-hydroxylation sites is 1. The Morgan fingerprint density at radius 2 is 2.14 bits per heavy atom. The van der Waals surface area contributed by atoms with E-state index in [0.717, 1.165) is 5.56 Å². The number of rotatable bonds is 3. The molecule has 0 atom stereocenters. The molecule has 2 heterocycles. The van der Waals surface area contributed by atoms with E-state index in [-0.39, 0.29) is 18.0 Å². The first-order valence-electron chi connectivity index (χ1n) is 6.13. The van der Waals surface area contributed by atoms with Crippen LogP contribution in [0.5, 0.6) is 0 Å². The summed E-state index contributed by atoms with van der Waals surface area (Å²) < 4.78 is 4.89. The second kappa shape index (κ2) is 4.55. The van der Waals surface area contributed by atoms with Gasteiger partial charge in [-0.25, -0.2) is 4.79 Å². The molecule has 0 bridgehead atoms. The molecule has 0 unspecified atom stereocenters. The van der Waals surface area contributed by atoms with Gasteiger partial charge in [-0.2, -0.15) is 0 Å². The fourth-order valence-electron chi connectivity index (χ4n) is 2.33. The Kier molecular flexibility index (Phi) is 2.83. The number of nitrogens with zero attached hydrogens (tertiary/aromatic N) is 2. The molecule has 3 rings (SSSR count). The first kappa shape index (κ1) is 13.0. The number of Topliss-reactive ketones (excluding diaryl/α,β-unsaturated/α-hetero) is 1. The van der Waals surface area contributed by atoms with Crippen LogP contribution in [0.3, 0.4) is 0 Å². The van der Waals surface area contributed by atoms with Crippen molar-refractivity contribution in [3.8, 4) is 0 Å². The van der Waals surface area contributed by atoms with Crippen LogP contribution in [0.4, 0.5) is 5.69 Å². The Labute approximate surface area is 118 Å². The van der Waals surface area contributed by atoms with Crippen LogP contribution in [0.15, 0.2) is 28.8 Å². The van der Waals surface area contributed by atoms with Gasteiger partial charge in [0, 0.05) is 6.07 Å². The summed E-state index contributed by atoms with van der Waals surface area (Å²) in [4.78, 5) is 36.0. The Hall–Kier alpha value is -2.96. The lowest BCUT2D eigenvalue weighted by Crippen LogP contribution is -2.29. The second-order valence-corrected chi connectivity index (χ2v) is 4.68. The molecule has 1 aromatic heterocycles. The van der Waals surface area contributed by atoms with E-state index in [2.05, 4.69) is 5.16 Å². The van der Waals surface area contributed by atoms with Crippen LogP contribution in [0.2, 0.25) is 0 Å². The second-order valence-electron chi connectivity index (χ2n) is 4.68. The number of ketones is 1. The highest BCUT2D eigenvalue weighted by Gasteiger charge is 2.37. The molecule has 7 heteroatoms. The predicted molar refractivity (Wildman–Crippen MR) is 70.2 cm³/mol. The molecule has 0 saturated heterocycles. The summed E-state index contributed by atoms with van der Waals surface area (Å²) >= 11 is 0. The van der Waals surface area contributed by atoms with Gasteiger partial charge in [0.05, 0.1) is 17.8 Å². The highest BCUT2D eigenvalue weighted by Crippen LogP contribution is 2.33. The van der Waals surface area contributed by atoms with Crippen molar-refractivity contribution >= 4 is 23.3 Å². The summed E-state index contributed by atoms with van der Waals surface area (Å²) in [6.45, 7) is 1.75. The van der Waals surface area contributed by atoms with Gasteiger partial charge in [0.25, 0.3) is 11.7 Å². The molecule has 0 saturated carbocycles. The number of carboxylic acids is 1. The molecule has 21 heavy (non-hydrogen) atoms. The normalized spacial score (nSPS) is 13.7. The van der Waals surface area contributed by atoms with Crippen molar-refractivity contribution in [1.29, 1.82) is 0 Å². The third-order valence-corrected chi connectivity index (χ3v) is 3.28. The van der Waals surface area contributed by atoms with Gasteiger partial charge in [0.1, 0.15) is 0 Å². The molecule has 0 aliphatic carbocycles. The number of hydrogen-bond donors (Lipinski definition) is 1. The van der Waals surface area contributed by atoms with E-state index in [1.54, 1.807) is 25.1 Å². The molecule has 1 aliphatic heterocycles. The van der Waals surface area contributed by atoms with Crippen LogP contribution in [0.1, 0.15) is 32.2 Å². The summed E-state index contributed by atoms with van der Waals surface area (Å²) in [5.74, 6) is -2.26. The van der Waals surface area contributed by atoms with Crippen molar-refractivity contribution in [2.45, 2.75) is 13.5 Å². The number of amides is 1. The highest BCUT2D eigenvalue weighted by molar-refractivity contribution is 6.52. The number of carboxylic acid groups (broad SMARTS) is 1. The van der Waals surface area contributed by atoms with Crippen LogP contribution in [-0.4, -0.2) is 27.9 Å². The Morgan fingerprint density at radius 3 is 2.81 bits per heavy atom. The minimum absolute atomic E-state index is 0.0390. The van der Waals surface area contributed by atoms with Gasteiger partial charge < -0.3 is 9.63 Å². The maximum Gasteiger partial charge on any atom is 0.358 e. The monoisotopic (exact) mass is 286 g/mol. The van der Waals surface area contributed by atoms with E-state index in [1.807, 2.05) is 0 Å². The third kappa shape index (κ3) is 1.99. The first-order chi connectivity index (χ1) is 9.99. The van der Waals surface area contributed by atoms with Gasteiger partial charge in [-0.05, 0) is 18.6 Å². The molecule has 1 aliphatic rings. The van der Waals surface area contributed by atoms with Gasteiger partial charge >= 0.3 is 5.97 Å². The SMILES string of the molecule is Cc1cccc2c1N(Cc1cc(C(=O)O)no1)C(=O)C2=O. The molecule has 1 N–H and O–H groups in total. The van der Waals surface area contributed by atoms with Crippen LogP contribution >= 0.6 is 0 Å².